The molecule has 2 rings (SSSR count). The van der Waals surface area contributed by atoms with Crippen molar-refractivity contribution < 1.29 is 9.47 Å². The molecule has 0 amide bonds. The number of aliphatic imine (C=N–C) groups is 1. The van der Waals surface area contributed by atoms with Gasteiger partial charge in [-0.05, 0) is 61.7 Å². The number of benzene rings is 2. The van der Waals surface area contributed by atoms with Crippen LogP contribution in [0.25, 0.3) is 0 Å². The van der Waals surface area contributed by atoms with Crippen molar-refractivity contribution in [2.45, 2.75) is 20.8 Å². The van der Waals surface area contributed by atoms with Crippen molar-refractivity contribution in [3.05, 3.63) is 52.0 Å². The molecule has 0 saturated carbocycles. The lowest BCUT2D eigenvalue weighted by Crippen LogP contribution is -1.97. The monoisotopic (exact) mass is 317 g/mol. The third kappa shape index (κ3) is 3.80. The molecule has 4 heteroatoms. The van der Waals surface area contributed by atoms with Crippen LogP contribution >= 0.6 is 11.6 Å². The second-order valence-corrected chi connectivity index (χ2v) is 5.40. The van der Waals surface area contributed by atoms with Crippen LogP contribution in [0.15, 0.2) is 35.3 Å². The minimum Gasteiger partial charge on any atom is -0.491 e. The van der Waals surface area contributed by atoms with Crippen molar-refractivity contribution in [1.82, 2.24) is 0 Å². The summed E-state index contributed by atoms with van der Waals surface area (Å²) >= 11 is 6.23. The van der Waals surface area contributed by atoms with Crippen LogP contribution in [-0.2, 0) is 0 Å². The predicted octanol–water partition coefficient (Wildman–Crippen LogP) is 5.11. The molecule has 0 spiro atoms. The van der Waals surface area contributed by atoms with Gasteiger partial charge >= 0.3 is 0 Å². The molecule has 0 aromatic heterocycles. The SMILES string of the molecule is CCOc1cc(C=Nc2ccc(C)c(C)c2)cc(Cl)c1OC. The number of rotatable bonds is 5. The Kier molecular flexibility index (Phi) is 5.45. The molecule has 116 valence electrons. The highest BCUT2D eigenvalue weighted by Gasteiger charge is 2.10. The summed E-state index contributed by atoms with van der Waals surface area (Å²) in [6.07, 6.45) is 1.78. The van der Waals surface area contributed by atoms with Crippen LogP contribution in [-0.4, -0.2) is 19.9 Å². The molecular weight excluding hydrogens is 298 g/mol. The largest absolute Gasteiger partial charge is 0.491 e. The van der Waals surface area contributed by atoms with Crippen LogP contribution in [0.5, 0.6) is 11.5 Å². The van der Waals surface area contributed by atoms with Gasteiger partial charge in [0.1, 0.15) is 0 Å². The van der Waals surface area contributed by atoms with Crippen molar-refractivity contribution >= 4 is 23.5 Å². The molecule has 2 aromatic carbocycles. The fourth-order valence-electron chi connectivity index (χ4n) is 2.08. The maximum atomic E-state index is 6.23. The van der Waals surface area contributed by atoms with E-state index in [-0.39, 0.29) is 0 Å². The zero-order valence-electron chi connectivity index (χ0n) is 13.3. The van der Waals surface area contributed by atoms with Crippen molar-refractivity contribution in [2.75, 3.05) is 13.7 Å². The minimum absolute atomic E-state index is 0.509. The highest BCUT2D eigenvalue weighted by Crippen LogP contribution is 2.36. The summed E-state index contributed by atoms with van der Waals surface area (Å²) in [7, 11) is 1.58. The van der Waals surface area contributed by atoms with Gasteiger partial charge in [-0.2, -0.15) is 0 Å². The van der Waals surface area contributed by atoms with Crippen molar-refractivity contribution in [2.24, 2.45) is 4.99 Å². The van der Waals surface area contributed by atoms with Gasteiger partial charge in [-0.3, -0.25) is 4.99 Å². The molecule has 0 radical (unpaired) electrons. The first-order valence-corrected chi connectivity index (χ1v) is 7.54. The van der Waals surface area contributed by atoms with E-state index in [4.69, 9.17) is 21.1 Å². The molecule has 2 aromatic rings. The standard InChI is InChI=1S/C18H20ClNO2/c1-5-22-17-10-14(9-16(19)18(17)21-4)11-20-15-7-6-12(2)13(3)8-15/h6-11H,5H2,1-4H3. The normalized spacial score (nSPS) is 11.0. The Morgan fingerprint density at radius 1 is 1.14 bits per heavy atom. The van der Waals surface area contributed by atoms with Gasteiger partial charge < -0.3 is 9.47 Å². The fraction of sp³-hybridized carbons (Fsp3) is 0.278. The number of methoxy groups -OCH3 is 1. The Labute approximate surface area is 136 Å². The molecule has 0 N–H and O–H groups in total. The van der Waals surface area contributed by atoms with Crippen LogP contribution in [0, 0.1) is 13.8 Å². The molecule has 3 nitrogen and oxygen atoms in total. The molecular formula is C18H20ClNO2. The number of nitrogens with zero attached hydrogens (tertiary/aromatic N) is 1. The molecule has 0 atom stereocenters. The Morgan fingerprint density at radius 2 is 1.91 bits per heavy atom. The summed E-state index contributed by atoms with van der Waals surface area (Å²) < 4.78 is 10.8. The molecule has 0 unspecified atom stereocenters. The molecule has 0 heterocycles. The zero-order chi connectivity index (χ0) is 16.1. The van der Waals surface area contributed by atoms with Gasteiger partial charge in [-0.1, -0.05) is 17.7 Å². The molecule has 0 fully saturated rings. The number of hydrogen-bond acceptors (Lipinski definition) is 3. The van der Waals surface area contributed by atoms with Crippen molar-refractivity contribution in [3.63, 3.8) is 0 Å². The molecule has 0 bridgehead atoms. The number of ether oxygens (including phenoxy) is 2. The first-order valence-electron chi connectivity index (χ1n) is 7.16. The van der Waals surface area contributed by atoms with E-state index < -0.39 is 0 Å². The zero-order valence-corrected chi connectivity index (χ0v) is 14.1. The second-order valence-electron chi connectivity index (χ2n) is 4.99. The first-order chi connectivity index (χ1) is 10.5. The lowest BCUT2D eigenvalue weighted by atomic mass is 10.1. The third-order valence-electron chi connectivity index (χ3n) is 3.39. The Morgan fingerprint density at radius 3 is 2.55 bits per heavy atom. The first kappa shape index (κ1) is 16.4. The van der Waals surface area contributed by atoms with Crippen LogP contribution in [0.4, 0.5) is 5.69 Å². The van der Waals surface area contributed by atoms with E-state index in [1.165, 1.54) is 11.1 Å². The van der Waals surface area contributed by atoms with Crippen LogP contribution in [0.1, 0.15) is 23.6 Å². The fourth-order valence-corrected chi connectivity index (χ4v) is 2.37. The maximum absolute atomic E-state index is 6.23. The molecule has 0 aliphatic carbocycles. The van der Waals surface area contributed by atoms with E-state index in [2.05, 4.69) is 31.0 Å². The summed E-state index contributed by atoms with van der Waals surface area (Å²) in [6, 6.07) is 9.80. The number of hydrogen-bond donors (Lipinski definition) is 0. The highest BCUT2D eigenvalue weighted by atomic mass is 35.5. The average Bonchev–Trinajstić information content (AvgIpc) is 2.49. The van der Waals surface area contributed by atoms with Crippen molar-refractivity contribution in [3.8, 4) is 11.5 Å². The second kappa shape index (κ2) is 7.32. The van der Waals surface area contributed by atoms with Gasteiger partial charge in [0.15, 0.2) is 11.5 Å². The summed E-state index contributed by atoms with van der Waals surface area (Å²) in [5.41, 5.74) is 4.25. The lowest BCUT2D eigenvalue weighted by Gasteiger charge is -2.11. The van der Waals surface area contributed by atoms with E-state index in [1.54, 1.807) is 13.3 Å². The van der Waals surface area contributed by atoms with Gasteiger partial charge in [0.25, 0.3) is 0 Å². The summed E-state index contributed by atoms with van der Waals surface area (Å²) in [6.45, 7) is 6.62. The smallest absolute Gasteiger partial charge is 0.179 e. The molecule has 0 aliphatic heterocycles. The maximum Gasteiger partial charge on any atom is 0.179 e. The lowest BCUT2D eigenvalue weighted by molar-refractivity contribution is 0.311. The quantitative estimate of drug-likeness (QED) is 0.717. The van der Waals surface area contributed by atoms with E-state index >= 15 is 0 Å². The highest BCUT2D eigenvalue weighted by molar-refractivity contribution is 6.32. The van der Waals surface area contributed by atoms with Crippen LogP contribution in [0.3, 0.4) is 0 Å². The molecule has 0 saturated heterocycles. The van der Waals surface area contributed by atoms with Crippen molar-refractivity contribution in [1.29, 1.82) is 0 Å². The Hall–Kier alpha value is -2.00. The Bertz CT molecular complexity index is 696. The topological polar surface area (TPSA) is 30.8 Å². The van der Waals surface area contributed by atoms with E-state index in [0.29, 0.717) is 23.1 Å². The van der Waals surface area contributed by atoms with Gasteiger partial charge in [0, 0.05) is 6.21 Å². The van der Waals surface area contributed by atoms with Gasteiger partial charge in [-0.15, -0.1) is 0 Å². The van der Waals surface area contributed by atoms with Crippen LogP contribution < -0.4 is 9.47 Å². The molecule has 0 aliphatic rings. The summed E-state index contributed by atoms with van der Waals surface area (Å²) in [5, 5.41) is 0.509. The summed E-state index contributed by atoms with van der Waals surface area (Å²) in [5.74, 6) is 1.17. The minimum atomic E-state index is 0.509. The van der Waals surface area contributed by atoms with Crippen LogP contribution in [0.2, 0.25) is 5.02 Å². The molecule has 22 heavy (non-hydrogen) atoms. The Balaban J connectivity index is 2.32. The van der Waals surface area contributed by atoms with Gasteiger partial charge in [0.2, 0.25) is 0 Å². The number of aryl methyl sites for hydroxylation is 2. The summed E-state index contributed by atoms with van der Waals surface area (Å²) in [4.78, 5) is 4.50. The van der Waals surface area contributed by atoms with E-state index in [1.807, 2.05) is 25.1 Å². The third-order valence-corrected chi connectivity index (χ3v) is 3.67. The predicted molar refractivity (Wildman–Crippen MR) is 92.3 cm³/mol. The van der Waals surface area contributed by atoms with Gasteiger partial charge in [-0.25, -0.2) is 0 Å². The van der Waals surface area contributed by atoms with Gasteiger partial charge in [0.05, 0.1) is 24.4 Å². The number of halogens is 1. The van der Waals surface area contributed by atoms with E-state index in [9.17, 15) is 0 Å². The van der Waals surface area contributed by atoms with E-state index in [0.717, 1.165) is 11.3 Å². The average molecular weight is 318 g/mol.